The van der Waals surface area contributed by atoms with E-state index in [2.05, 4.69) is 5.32 Å². The number of nitrogens with zero attached hydrogens (tertiary/aromatic N) is 1. The van der Waals surface area contributed by atoms with Crippen LogP contribution in [0, 0.1) is 0 Å². The van der Waals surface area contributed by atoms with E-state index in [0.717, 1.165) is 11.3 Å². The Bertz CT molecular complexity index is 912. The minimum atomic E-state index is -0.482. The van der Waals surface area contributed by atoms with Gasteiger partial charge in [0.15, 0.2) is 5.11 Å². The van der Waals surface area contributed by atoms with Crippen molar-refractivity contribution >= 4 is 40.6 Å². The normalized spacial score (nSPS) is 16.8. The van der Waals surface area contributed by atoms with Crippen LogP contribution >= 0.6 is 23.8 Å². The van der Waals surface area contributed by atoms with Gasteiger partial charge in [-0.15, -0.1) is 0 Å². The summed E-state index contributed by atoms with van der Waals surface area (Å²) < 4.78 is 10.5. The number of para-hydroxylation sites is 1. The first-order valence-corrected chi connectivity index (χ1v) is 9.04. The SMILES string of the molecule is COC(=O)C1=C(C)N(c2ccc(Cl)cc2)C(=S)NC1c1ccccc1OC. The highest BCUT2D eigenvalue weighted by molar-refractivity contribution is 7.80. The number of anilines is 1. The van der Waals surface area contributed by atoms with Crippen LogP contribution in [0.15, 0.2) is 59.8 Å². The second-order valence-corrected chi connectivity index (χ2v) is 6.75. The smallest absolute Gasteiger partial charge is 0.337 e. The molecule has 1 aliphatic rings. The molecule has 2 aromatic rings. The van der Waals surface area contributed by atoms with E-state index in [9.17, 15) is 4.79 Å². The van der Waals surface area contributed by atoms with Gasteiger partial charge in [-0.1, -0.05) is 29.8 Å². The van der Waals surface area contributed by atoms with E-state index in [4.69, 9.17) is 33.3 Å². The molecule has 0 saturated carbocycles. The fourth-order valence-electron chi connectivity index (χ4n) is 3.16. The van der Waals surface area contributed by atoms with Gasteiger partial charge in [0, 0.05) is 22.0 Å². The standard InChI is InChI=1S/C20H19ClN2O3S/c1-12-17(19(24)26-3)18(15-6-4-5-7-16(15)25-2)22-20(27)23(12)14-10-8-13(21)9-11-14/h4-11,18H,1-3H3,(H,22,27). The van der Waals surface area contributed by atoms with E-state index in [1.165, 1.54) is 7.11 Å². The van der Waals surface area contributed by atoms with Crippen LogP contribution in [0.25, 0.3) is 0 Å². The lowest BCUT2D eigenvalue weighted by atomic mass is 9.94. The highest BCUT2D eigenvalue weighted by Crippen LogP contribution is 2.37. The van der Waals surface area contributed by atoms with Crippen LogP contribution < -0.4 is 15.0 Å². The molecule has 1 aliphatic heterocycles. The van der Waals surface area contributed by atoms with Crippen LogP contribution in [-0.2, 0) is 9.53 Å². The molecule has 5 nitrogen and oxygen atoms in total. The number of carbonyl (C=O) groups excluding carboxylic acids is 1. The van der Waals surface area contributed by atoms with Gasteiger partial charge in [0.1, 0.15) is 5.75 Å². The quantitative estimate of drug-likeness (QED) is 0.610. The average Bonchev–Trinajstić information content (AvgIpc) is 2.68. The van der Waals surface area contributed by atoms with Crippen LogP contribution in [0.3, 0.4) is 0 Å². The molecular weight excluding hydrogens is 384 g/mol. The number of esters is 1. The molecule has 7 heteroatoms. The Kier molecular flexibility index (Phi) is 5.68. The van der Waals surface area contributed by atoms with Crippen LogP contribution in [0.1, 0.15) is 18.5 Å². The molecule has 0 aliphatic carbocycles. The number of benzene rings is 2. The second kappa shape index (κ2) is 7.98. The summed E-state index contributed by atoms with van der Waals surface area (Å²) in [5.74, 6) is 0.226. The summed E-state index contributed by atoms with van der Waals surface area (Å²) in [6.45, 7) is 1.84. The minimum Gasteiger partial charge on any atom is -0.496 e. The number of hydrogen-bond acceptors (Lipinski definition) is 4. The molecule has 1 heterocycles. The molecule has 0 saturated heterocycles. The van der Waals surface area contributed by atoms with Gasteiger partial charge in [-0.25, -0.2) is 4.79 Å². The highest BCUT2D eigenvalue weighted by atomic mass is 35.5. The van der Waals surface area contributed by atoms with Crippen molar-refractivity contribution in [3.05, 3.63) is 70.4 Å². The summed E-state index contributed by atoms with van der Waals surface area (Å²) in [7, 11) is 2.95. The number of carbonyl (C=O) groups is 1. The van der Waals surface area contributed by atoms with E-state index >= 15 is 0 Å². The summed E-state index contributed by atoms with van der Waals surface area (Å²) in [4.78, 5) is 14.4. The molecule has 0 radical (unpaired) electrons. The van der Waals surface area contributed by atoms with E-state index in [0.29, 0.717) is 27.2 Å². The maximum absolute atomic E-state index is 12.6. The van der Waals surface area contributed by atoms with Gasteiger partial charge < -0.3 is 14.8 Å². The van der Waals surface area contributed by atoms with Gasteiger partial charge in [0.25, 0.3) is 0 Å². The Hall–Kier alpha value is -2.57. The third kappa shape index (κ3) is 3.63. The van der Waals surface area contributed by atoms with E-state index in [-0.39, 0.29) is 0 Å². The molecule has 0 bridgehead atoms. The summed E-state index contributed by atoms with van der Waals surface area (Å²) >= 11 is 11.6. The lowest BCUT2D eigenvalue weighted by Gasteiger charge is -2.37. The first-order valence-electron chi connectivity index (χ1n) is 8.26. The number of allylic oxidation sites excluding steroid dienone is 1. The molecule has 0 aromatic heterocycles. The molecule has 2 aromatic carbocycles. The Morgan fingerprint density at radius 2 is 1.81 bits per heavy atom. The van der Waals surface area contributed by atoms with Gasteiger partial charge in [-0.2, -0.15) is 0 Å². The van der Waals surface area contributed by atoms with Gasteiger partial charge in [0.2, 0.25) is 0 Å². The van der Waals surface area contributed by atoms with Crippen molar-refractivity contribution in [1.82, 2.24) is 5.32 Å². The fourth-order valence-corrected chi connectivity index (χ4v) is 3.64. The molecule has 140 valence electrons. The van der Waals surface area contributed by atoms with E-state index < -0.39 is 12.0 Å². The summed E-state index contributed by atoms with van der Waals surface area (Å²) in [6, 6.07) is 14.3. The molecule has 1 atom stereocenters. The number of halogens is 1. The highest BCUT2D eigenvalue weighted by Gasteiger charge is 2.36. The summed E-state index contributed by atoms with van der Waals surface area (Å²) in [5.41, 5.74) is 2.75. The van der Waals surface area contributed by atoms with Gasteiger partial charge in [-0.3, -0.25) is 4.90 Å². The summed E-state index contributed by atoms with van der Waals surface area (Å²) in [6.07, 6.45) is 0. The van der Waals surface area contributed by atoms with Crippen LogP contribution in [0.2, 0.25) is 5.02 Å². The summed E-state index contributed by atoms with van der Waals surface area (Å²) in [5, 5.41) is 4.34. The van der Waals surface area contributed by atoms with Crippen LogP contribution in [0.4, 0.5) is 5.69 Å². The molecule has 3 rings (SSSR count). The van der Waals surface area contributed by atoms with Crippen LogP contribution in [-0.4, -0.2) is 25.3 Å². The molecule has 27 heavy (non-hydrogen) atoms. The largest absolute Gasteiger partial charge is 0.496 e. The van der Waals surface area contributed by atoms with E-state index in [1.807, 2.05) is 43.3 Å². The Balaban J connectivity index is 2.16. The van der Waals surface area contributed by atoms with Crippen molar-refractivity contribution in [3.63, 3.8) is 0 Å². The van der Waals surface area contributed by atoms with Gasteiger partial charge in [-0.05, 0) is 49.5 Å². The average molecular weight is 403 g/mol. The Morgan fingerprint density at radius 1 is 1.15 bits per heavy atom. The van der Waals surface area contributed by atoms with Crippen molar-refractivity contribution in [2.45, 2.75) is 13.0 Å². The molecule has 1 unspecified atom stereocenters. The van der Waals surface area contributed by atoms with Crippen molar-refractivity contribution in [1.29, 1.82) is 0 Å². The zero-order valence-corrected chi connectivity index (χ0v) is 16.7. The Labute approximate surface area is 168 Å². The number of thiocarbonyl (C=S) groups is 1. The van der Waals surface area contributed by atoms with Gasteiger partial charge in [0.05, 0.1) is 25.8 Å². The first kappa shape index (κ1) is 19.2. The topological polar surface area (TPSA) is 50.8 Å². The molecule has 0 amide bonds. The van der Waals surface area contributed by atoms with Crippen molar-refractivity contribution in [3.8, 4) is 5.75 Å². The van der Waals surface area contributed by atoms with Crippen molar-refractivity contribution in [2.24, 2.45) is 0 Å². The number of rotatable bonds is 4. The number of hydrogen-bond donors (Lipinski definition) is 1. The molecular formula is C20H19ClN2O3S. The predicted octanol–water partition coefficient (Wildman–Crippen LogP) is 4.23. The maximum Gasteiger partial charge on any atom is 0.337 e. The van der Waals surface area contributed by atoms with Gasteiger partial charge >= 0.3 is 5.97 Å². The zero-order chi connectivity index (χ0) is 19.6. The monoisotopic (exact) mass is 402 g/mol. The number of nitrogens with one attached hydrogen (secondary N) is 1. The minimum absolute atomic E-state index is 0.433. The predicted molar refractivity (Wildman–Crippen MR) is 110 cm³/mol. The number of methoxy groups -OCH3 is 2. The maximum atomic E-state index is 12.6. The third-order valence-corrected chi connectivity index (χ3v) is 4.98. The third-order valence-electron chi connectivity index (χ3n) is 4.42. The second-order valence-electron chi connectivity index (χ2n) is 5.93. The lowest BCUT2D eigenvalue weighted by molar-refractivity contribution is -0.136. The van der Waals surface area contributed by atoms with Crippen LogP contribution in [0.5, 0.6) is 5.75 Å². The molecule has 1 N–H and O–H groups in total. The first-order chi connectivity index (χ1) is 13.0. The van der Waals surface area contributed by atoms with Crippen molar-refractivity contribution < 1.29 is 14.3 Å². The fraction of sp³-hybridized carbons (Fsp3) is 0.200. The Morgan fingerprint density at radius 3 is 2.44 bits per heavy atom. The van der Waals surface area contributed by atoms with E-state index in [1.54, 1.807) is 24.1 Å². The lowest BCUT2D eigenvalue weighted by Crippen LogP contribution is -2.48. The zero-order valence-electron chi connectivity index (χ0n) is 15.2. The number of ether oxygens (including phenoxy) is 2. The molecule has 0 fully saturated rings. The molecule has 0 spiro atoms. The van der Waals surface area contributed by atoms with Crippen molar-refractivity contribution in [2.75, 3.05) is 19.1 Å².